The minimum atomic E-state index is -0.611. The van der Waals surface area contributed by atoms with Gasteiger partial charge in [0.15, 0.2) is 0 Å². The Morgan fingerprint density at radius 3 is 2.26 bits per heavy atom. The van der Waals surface area contributed by atoms with Gasteiger partial charge in [0.05, 0.1) is 7.11 Å². The van der Waals surface area contributed by atoms with Crippen LogP contribution in [0.2, 0.25) is 0 Å². The Hall–Kier alpha value is -1.26. The second-order valence-electron chi connectivity index (χ2n) is 6.13. The van der Waals surface area contributed by atoms with Gasteiger partial charge in [-0.3, -0.25) is 4.90 Å². The fourth-order valence-corrected chi connectivity index (χ4v) is 1.96. The van der Waals surface area contributed by atoms with Gasteiger partial charge in [-0.05, 0) is 46.5 Å². The van der Waals surface area contributed by atoms with Crippen LogP contribution >= 0.6 is 0 Å². The molecule has 1 amide bonds. The zero-order valence-corrected chi connectivity index (χ0v) is 12.6. The highest BCUT2D eigenvalue weighted by Gasteiger charge is 2.33. The highest BCUT2D eigenvalue weighted by Crippen LogP contribution is 2.28. The van der Waals surface area contributed by atoms with Crippen molar-refractivity contribution in [3.63, 3.8) is 0 Å². The van der Waals surface area contributed by atoms with Crippen molar-refractivity contribution in [3.8, 4) is 0 Å². The summed E-state index contributed by atoms with van der Waals surface area (Å²) in [6, 6.07) is -0.611. The van der Waals surface area contributed by atoms with E-state index in [2.05, 4.69) is 0 Å². The molecule has 19 heavy (non-hydrogen) atoms. The molecule has 1 atom stereocenters. The number of ether oxygens (including phenoxy) is 2. The Labute approximate surface area is 115 Å². The molecule has 0 N–H and O–H groups in total. The standard InChI is InChI=1S/C14H25NO4/c1-10(12(16)18-5)15(9-11-7-6-8-11)13(17)19-14(2,3)4/h10-11H,6-9H2,1-5H3/t10-/m0/s1. The van der Waals surface area contributed by atoms with E-state index in [1.165, 1.54) is 18.4 Å². The highest BCUT2D eigenvalue weighted by molar-refractivity contribution is 5.81. The average molecular weight is 271 g/mol. The van der Waals surface area contributed by atoms with Gasteiger partial charge >= 0.3 is 12.1 Å². The monoisotopic (exact) mass is 271 g/mol. The number of methoxy groups -OCH3 is 1. The Bertz CT molecular complexity index is 331. The van der Waals surface area contributed by atoms with Gasteiger partial charge in [-0.1, -0.05) is 6.42 Å². The summed E-state index contributed by atoms with van der Waals surface area (Å²) >= 11 is 0. The van der Waals surface area contributed by atoms with Crippen LogP contribution in [0.25, 0.3) is 0 Å². The molecule has 1 rings (SSSR count). The summed E-state index contributed by atoms with van der Waals surface area (Å²) in [6.45, 7) is 7.68. The molecule has 0 aliphatic heterocycles. The Morgan fingerprint density at radius 2 is 1.89 bits per heavy atom. The van der Waals surface area contributed by atoms with Crippen LogP contribution in [0, 0.1) is 5.92 Å². The summed E-state index contributed by atoms with van der Waals surface area (Å²) in [6.07, 6.45) is 2.96. The zero-order valence-electron chi connectivity index (χ0n) is 12.6. The number of nitrogens with zero attached hydrogens (tertiary/aromatic N) is 1. The molecule has 0 unspecified atom stereocenters. The summed E-state index contributed by atoms with van der Waals surface area (Å²) < 4.78 is 10.1. The summed E-state index contributed by atoms with van der Waals surface area (Å²) in [4.78, 5) is 25.3. The van der Waals surface area contributed by atoms with E-state index in [-0.39, 0.29) is 0 Å². The van der Waals surface area contributed by atoms with Crippen molar-refractivity contribution in [2.24, 2.45) is 5.92 Å². The lowest BCUT2D eigenvalue weighted by Gasteiger charge is -2.35. The lowest BCUT2D eigenvalue weighted by Crippen LogP contribution is -2.48. The number of rotatable bonds is 4. The molecule has 0 aromatic carbocycles. The van der Waals surface area contributed by atoms with Crippen LogP contribution in [0.5, 0.6) is 0 Å². The van der Waals surface area contributed by atoms with Crippen molar-refractivity contribution >= 4 is 12.1 Å². The number of amides is 1. The first-order valence-electron chi connectivity index (χ1n) is 6.82. The third kappa shape index (κ3) is 4.73. The molecule has 1 saturated carbocycles. The number of hydrogen-bond acceptors (Lipinski definition) is 4. The Kier molecular flexibility index (Phi) is 5.20. The number of hydrogen-bond donors (Lipinski definition) is 0. The molecule has 1 aliphatic carbocycles. The molecular formula is C14H25NO4. The van der Waals surface area contributed by atoms with Gasteiger partial charge < -0.3 is 9.47 Å². The van der Waals surface area contributed by atoms with Crippen LogP contribution < -0.4 is 0 Å². The van der Waals surface area contributed by atoms with E-state index in [1.807, 2.05) is 20.8 Å². The molecule has 0 heterocycles. The topological polar surface area (TPSA) is 55.8 Å². The molecule has 5 heteroatoms. The molecule has 5 nitrogen and oxygen atoms in total. The average Bonchev–Trinajstić information content (AvgIpc) is 2.23. The Morgan fingerprint density at radius 1 is 1.32 bits per heavy atom. The van der Waals surface area contributed by atoms with Crippen LogP contribution in [-0.2, 0) is 14.3 Å². The first-order valence-corrected chi connectivity index (χ1v) is 6.82. The maximum Gasteiger partial charge on any atom is 0.411 e. The van der Waals surface area contributed by atoms with Gasteiger partial charge in [0.25, 0.3) is 0 Å². The van der Waals surface area contributed by atoms with Gasteiger partial charge in [-0.25, -0.2) is 9.59 Å². The highest BCUT2D eigenvalue weighted by atomic mass is 16.6. The van der Waals surface area contributed by atoms with Crippen LogP contribution in [0.4, 0.5) is 4.79 Å². The maximum absolute atomic E-state index is 12.2. The lowest BCUT2D eigenvalue weighted by molar-refractivity contribution is -0.146. The van der Waals surface area contributed by atoms with Gasteiger partial charge in [0.2, 0.25) is 0 Å². The van der Waals surface area contributed by atoms with Crippen molar-refractivity contribution in [3.05, 3.63) is 0 Å². The predicted octanol–water partition coefficient (Wildman–Crippen LogP) is 2.59. The summed E-state index contributed by atoms with van der Waals surface area (Å²) in [5.74, 6) is 0.0600. The summed E-state index contributed by atoms with van der Waals surface area (Å²) in [5, 5.41) is 0. The minimum absolute atomic E-state index is 0.412. The number of esters is 1. The fraction of sp³-hybridized carbons (Fsp3) is 0.857. The van der Waals surface area contributed by atoms with Crippen molar-refractivity contribution in [2.75, 3.05) is 13.7 Å². The molecule has 0 radical (unpaired) electrons. The van der Waals surface area contributed by atoms with Crippen LogP contribution in [0.3, 0.4) is 0 Å². The quantitative estimate of drug-likeness (QED) is 0.737. The first-order chi connectivity index (χ1) is 8.74. The van der Waals surface area contributed by atoms with E-state index < -0.39 is 23.7 Å². The number of carbonyl (C=O) groups is 2. The third-order valence-electron chi connectivity index (χ3n) is 3.32. The summed E-state index contributed by atoms with van der Waals surface area (Å²) in [7, 11) is 1.33. The summed E-state index contributed by atoms with van der Waals surface area (Å²) in [5.41, 5.74) is -0.565. The van der Waals surface area contributed by atoms with Gasteiger partial charge in [-0.2, -0.15) is 0 Å². The smallest absolute Gasteiger partial charge is 0.411 e. The van der Waals surface area contributed by atoms with Crippen molar-refractivity contribution in [1.29, 1.82) is 0 Å². The van der Waals surface area contributed by atoms with Crippen molar-refractivity contribution in [1.82, 2.24) is 4.90 Å². The fourth-order valence-electron chi connectivity index (χ4n) is 1.96. The van der Waals surface area contributed by atoms with E-state index in [9.17, 15) is 9.59 Å². The zero-order chi connectivity index (χ0) is 14.6. The molecule has 0 saturated heterocycles. The predicted molar refractivity (Wildman–Crippen MR) is 71.8 cm³/mol. The lowest BCUT2D eigenvalue weighted by atomic mass is 9.85. The molecule has 0 bridgehead atoms. The normalized spacial score (nSPS) is 17.3. The van der Waals surface area contributed by atoms with E-state index >= 15 is 0 Å². The molecule has 1 aliphatic rings. The SMILES string of the molecule is COC(=O)[C@H](C)N(CC1CCC1)C(=O)OC(C)(C)C. The molecule has 0 aromatic heterocycles. The van der Waals surface area contributed by atoms with E-state index in [0.29, 0.717) is 12.5 Å². The molecule has 110 valence electrons. The van der Waals surface area contributed by atoms with Crippen LogP contribution in [-0.4, -0.2) is 42.3 Å². The molecular weight excluding hydrogens is 246 g/mol. The molecule has 0 aromatic rings. The van der Waals surface area contributed by atoms with Crippen molar-refractivity contribution < 1.29 is 19.1 Å². The van der Waals surface area contributed by atoms with Gasteiger partial charge in [0, 0.05) is 6.54 Å². The van der Waals surface area contributed by atoms with E-state index in [4.69, 9.17) is 9.47 Å². The maximum atomic E-state index is 12.2. The third-order valence-corrected chi connectivity index (χ3v) is 3.32. The number of carbonyl (C=O) groups excluding carboxylic acids is 2. The Balaban J connectivity index is 2.72. The second kappa shape index (κ2) is 6.26. The van der Waals surface area contributed by atoms with Crippen LogP contribution in [0.15, 0.2) is 0 Å². The van der Waals surface area contributed by atoms with Crippen molar-refractivity contribution in [2.45, 2.75) is 58.6 Å². The molecule has 1 fully saturated rings. The minimum Gasteiger partial charge on any atom is -0.467 e. The molecule has 0 spiro atoms. The first kappa shape index (κ1) is 15.8. The van der Waals surface area contributed by atoms with Gasteiger partial charge in [-0.15, -0.1) is 0 Å². The largest absolute Gasteiger partial charge is 0.467 e. The van der Waals surface area contributed by atoms with E-state index in [0.717, 1.165) is 12.8 Å². The van der Waals surface area contributed by atoms with E-state index in [1.54, 1.807) is 6.92 Å². The van der Waals surface area contributed by atoms with Gasteiger partial charge in [0.1, 0.15) is 11.6 Å². The second-order valence-corrected chi connectivity index (χ2v) is 6.13. The van der Waals surface area contributed by atoms with Crippen LogP contribution in [0.1, 0.15) is 47.0 Å².